The Morgan fingerprint density at radius 2 is 1.79 bits per heavy atom. The lowest BCUT2D eigenvalue weighted by Crippen LogP contribution is -2.07. The smallest absolute Gasteiger partial charge is 0.282 e. The molecule has 0 saturated heterocycles. The highest BCUT2D eigenvalue weighted by molar-refractivity contribution is 7.85. The van der Waals surface area contributed by atoms with Crippen molar-refractivity contribution in [1.82, 2.24) is 0 Å². The lowest BCUT2D eigenvalue weighted by molar-refractivity contribution is 0.332. The highest BCUT2D eigenvalue weighted by atomic mass is 32.2. The van der Waals surface area contributed by atoms with Gasteiger partial charge in [-0.3, -0.25) is 4.55 Å². The molecule has 1 aliphatic rings. The van der Waals surface area contributed by atoms with Gasteiger partial charge in [0, 0.05) is 0 Å². The second-order valence-electron chi connectivity index (χ2n) is 5.48. The van der Waals surface area contributed by atoms with Gasteiger partial charge in [-0.25, -0.2) is 0 Å². The molecule has 19 heavy (non-hydrogen) atoms. The number of hydrogen-bond acceptors (Lipinski definition) is 2. The molecule has 2 rings (SSSR count). The Bertz CT molecular complexity index is 502. The Morgan fingerprint density at radius 3 is 2.47 bits per heavy atom. The first-order chi connectivity index (χ1) is 9.07. The van der Waals surface area contributed by atoms with Crippen LogP contribution >= 0.6 is 0 Å². The summed E-state index contributed by atoms with van der Waals surface area (Å²) in [7, 11) is -4.09. The molecule has 1 fully saturated rings. The van der Waals surface area contributed by atoms with Gasteiger partial charge < -0.3 is 0 Å². The van der Waals surface area contributed by atoms with Gasteiger partial charge in [0.2, 0.25) is 0 Å². The van der Waals surface area contributed by atoms with E-state index < -0.39 is 10.1 Å². The van der Waals surface area contributed by atoms with Gasteiger partial charge in [-0.1, -0.05) is 56.7 Å². The zero-order valence-electron chi connectivity index (χ0n) is 11.2. The molecule has 0 radical (unpaired) electrons. The largest absolute Gasteiger partial charge is 0.294 e. The third-order valence-corrected chi connectivity index (χ3v) is 4.99. The van der Waals surface area contributed by atoms with E-state index in [1.54, 1.807) is 12.1 Å². The maximum atomic E-state index is 11.3. The van der Waals surface area contributed by atoms with Gasteiger partial charge in [0.1, 0.15) is 0 Å². The molecule has 0 atom stereocenters. The van der Waals surface area contributed by atoms with Gasteiger partial charge in [-0.2, -0.15) is 8.42 Å². The van der Waals surface area contributed by atoms with Crippen molar-refractivity contribution in [3.8, 4) is 0 Å². The Morgan fingerprint density at radius 1 is 1.11 bits per heavy atom. The number of rotatable bonds is 5. The van der Waals surface area contributed by atoms with Crippen molar-refractivity contribution in [3.63, 3.8) is 0 Å². The van der Waals surface area contributed by atoms with Crippen LogP contribution in [0.5, 0.6) is 0 Å². The molecule has 106 valence electrons. The van der Waals surface area contributed by atoms with Crippen LogP contribution in [0, 0.1) is 5.92 Å². The highest BCUT2D eigenvalue weighted by Crippen LogP contribution is 2.28. The van der Waals surface area contributed by atoms with Gasteiger partial charge in [0.25, 0.3) is 10.1 Å². The fourth-order valence-corrected chi connectivity index (χ4v) is 3.77. The van der Waals surface area contributed by atoms with Crippen molar-refractivity contribution in [2.24, 2.45) is 5.92 Å². The third-order valence-electron chi connectivity index (χ3n) is 4.03. The first-order valence-electron chi connectivity index (χ1n) is 7.13. The van der Waals surface area contributed by atoms with E-state index in [1.807, 2.05) is 6.07 Å². The average Bonchev–Trinajstić information content (AvgIpc) is 2.39. The summed E-state index contributed by atoms with van der Waals surface area (Å²) in [5.74, 6) is 0.812. The van der Waals surface area contributed by atoms with Gasteiger partial charge in [-0.15, -0.1) is 0 Å². The lowest BCUT2D eigenvalue weighted by Gasteiger charge is -2.21. The quantitative estimate of drug-likeness (QED) is 0.835. The first kappa shape index (κ1) is 14.5. The molecule has 0 amide bonds. The Hall–Kier alpha value is -0.870. The molecule has 0 aromatic heterocycles. The zero-order chi connectivity index (χ0) is 13.7. The van der Waals surface area contributed by atoms with Crippen LogP contribution in [0.2, 0.25) is 0 Å². The van der Waals surface area contributed by atoms with E-state index in [2.05, 4.69) is 0 Å². The molecular weight excluding hydrogens is 260 g/mol. The first-order valence-corrected chi connectivity index (χ1v) is 8.57. The maximum Gasteiger partial charge on any atom is 0.294 e. The summed E-state index contributed by atoms with van der Waals surface area (Å²) in [5, 5.41) is 0. The molecular formula is C15H22O3S. The molecule has 0 spiro atoms. The topological polar surface area (TPSA) is 54.4 Å². The second-order valence-corrected chi connectivity index (χ2v) is 6.87. The molecule has 1 aromatic rings. The number of aryl methyl sites for hydroxylation is 1. The van der Waals surface area contributed by atoms with Crippen LogP contribution in [-0.4, -0.2) is 13.0 Å². The van der Waals surface area contributed by atoms with Crippen LogP contribution in [0.25, 0.3) is 0 Å². The molecule has 1 aromatic carbocycles. The predicted octanol–water partition coefficient (Wildman–Crippen LogP) is 3.84. The minimum atomic E-state index is -4.09. The van der Waals surface area contributed by atoms with Crippen molar-refractivity contribution >= 4 is 10.1 Å². The molecule has 1 aliphatic carbocycles. The van der Waals surface area contributed by atoms with Crippen LogP contribution in [0.15, 0.2) is 29.2 Å². The molecule has 4 heteroatoms. The van der Waals surface area contributed by atoms with Crippen molar-refractivity contribution in [2.75, 3.05) is 0 Å². The SMILES string of the molecule is O=S(=O)(O)c1ccccc1CCCC1CCCCC1. The van der Waals surface area contributed by atoms with E-state index in [0.717, 1.165) is 24.3 Å². The van der Waals surface area contributed by atoms with E-state index in [9.17, 15) is 13.0 Å². The van der Waals surface area contributed by atoms with Crippen LogP contribution < -0.4 is 0 Å². The third kappa shape index (κ3) is 4.32. The summed E-state index contributed by atoms with van der Waals surface area (Å²) in [6, 6.07) is 6.74. The summed E-state index contributed by atoms with van der Waals surface area (Å²) in [5.41, 5.74) is 0.737. The number of benzene rings is 1. The summed E-state index contributed by atoms with van der Waals surface area (Å²) in [6.07, 6.45) is 9.57. The normalized spacial score (nSPS) is 17.5. The Balaban J connectivity index is 1.92. The van der Waals surface area contributed by atoms with Crippen molar-refractivity contribution < 1.29 is 13.0 Å². The van der Waals surface area contributed by atoms with Crippen molar-refractivity contribution in [1.29, 1.82) is 0 Å². The summed E-state index contributed by atoms with van der Waals surface area (Å²) in [6.45, 7) is 0. The molecule has 0 bridgehead atoms. The van der Waals surface area contributed by atoms with Crippen molar-refractivity contribution in [2.45, 2.75) is 56.3 Å². The Labute approximate surface area is 115 Å². The minimum Gasteiger partial charge on any atom is -0.282 e. The second kappa shape index (κ2) is 6.53. The Kier molecular flexibility index (Phi) is 4.99. The van der Waals surface area contributed by atoms with Crippen LogP contribution in [-0.2, 0) is 16.5 Å². The van der Waals surface area contributed by atoms with E-state index in [0.29, 0.717) is 0 Å². The van der Waals surface area contributed by atoms with E-state index in [1.165, 1.54) is 44.6 Å². The molecule has 0 aliphatic heterocycles. The van der Waals surface area contributed by atoms with Crippen LogP contribution in [0.3, 0.4) is 0 Å². The van der Waals surface area contributed by atoms with Crippen LogP contribution in [0.4, 0.5) is 0 Å². The summed E-state index contributed by atoms with van der Waals surface area (Å²) >= 11 is 0. The standard InChI is InChI=1S/C15H22O3S/c16-19(17,18)15-12-5-4-10-14(15)11-6-9-13-7-2-1-3-8-13/h4-5,10,12-13H,1-3,6-9,11H2,(H,16,17,18). The molecule has 0 unspecified atom stereocenters. The van der Waals surface area contributed by atoms with Crippen molar-refractivity contribution in [3.05, 3.63) is 29.8 Å². The van der Waals surface area contributed by atoms with Gasteiger partial charge >= 0.3 is 0 Å². The molecule has 3 nitrogen and oxygen atoms in total. The predicted molar refractivity (Wildman–Crippen MR) is 75.8 cm³/mol. The van der Waals surface area contributed by atoms with E-state index >= 15 is 0 Å². The summed E-state index contributed by atoms with van der Waals surface area (Å²) in [4.78, 5) is 0.0682. The lowest BCUT2D eigenvalue weighted by atomic mass is 9.85. The monoisotopic (exact) mass is 282 g/mol. The van der Waals surface area contributed by atoms with E-state index in [-0.39, 0.29) is 4.90 Å². The summed E-state index contributed by atoms with van der Waals surface area (Å²) < 4.78 is 31.7. The van der Waals surface area contributed by atoms with Gasteiger partial charge in [-0.05, 0) is 30.4 Å². The van der Waals surface area contributed by atoms with E-state index in [4.69, 9.17) is 0 Å². The zero-order valence-corrected chi connectivity index (χ0v) is 12.0. The van der Waals surface area contributed by atoms with Gasteiger partial charge in [0.15, 0.2) is 0 Å². The molecule has 0 heterocycles. The number of hydrogen-bond donors (Lipinski definition) is 1. The molecule has 1 saturated carbocycles. The van der Waals surface area contributed by atoms with Gasteiger partial charge in [0.05, 0.1) is 4.90 Å². The fourth-order valence-electron chi connectivity index (χ4n) is 3.02. The average molecular weight is 282 g/mol. The maximum absolute atomic E-state index is 11.3. The molecule has 1 N–H and O–H groups in total. The van der Waals surface area contributed by atoms with Crippen LogP contribution in [0.1, 0.15) is 50.5 Å². The highest BCUT2D eigenvalue weighted by Gasteiger charge is 2.16. The minimum absolute atomic E-state index is 0.0682. The fraction of sp³-hybridized carbons (Fsp3) is 0.600.